The van der Waals surface area contributed by atoms with E-state index in [4.69, 9.17) is 4.74 Å². The van der Waals surface area contributed by atoms with Crippen molar-refractivity contribution in [3.05, 3.63) is 111 Å². The lowest BCUT2D eigenvalue weighted by atomic mass is 9.92. The van der Waals surface area contributed by atoms with E-state index in [1.807, 2.05) is 70.2 Å². The lowest BCUT2D eigenvalue weighted by molar-refractivity contribution is -0.140. The van der Waals surface area contributed by atoms with Crippen LogP contribution in [0.1, 0.15) is 63.1 Å². The minimum Gasteiger partial charge on any atom is -0.507 e. The third kappa shape index (κ3) is 5.33. The topological polar surface area (TPSA) is 83.9 Å². The number of nitrogens with zero attached hydrogens (tertiary/aromatic N) is 1. The van der Waals surface area contributed by atoms with Crippen LogP contribution in [0.15, 0.2) is 72.3 Å². The summed E-state index contributed by atoms with van der Waals surface area (Å²) in [4.78, 5) is 40.3. The number of esters is 1. The molecule has 0 bridgehead atoms. The molecular formula is C31H31NO5. The average molecular weight is 498 g/mol. The number of benzene rings is 3. The first-order valence-corrected chi connectivity index (χ1v) is 12.4. The maximum atomic E-state index is 13.4. The van der Waals surface area contributed by atoms with Crippen LogP contribution in [0.2, 0.25) is 0 Å². The normalized spacial score (nSPS) is 16.8. The Kier molecular flexibility index (Phi) is 7.58. The molecule has 1 N–H and O–H groups in total. The summed E-state index contributed by atoms with van der Waals surface area (Å²) in [5.41, 5.74) is 5.24. The van der Waals surface area contributed by atoms with Gasteiger partial charge in [0, 0.05) is 12.1 Å². The average Bonchev–Trinajstić information content (AvgIpc) is 3.13. The summed E-state index contributed by atoms with van der Waals surface area (Å²) in [6.45, 7) is 8.12. The fourth-order valence-electron chi connectivity index (χ4n) is 4.59. The molecule has 1 fully saturated rings. The van der Waals surface area contributed by atoms with Crippen LogP contribution in [0, 0.1) is 20.8 Å². The van der Waals surface area contributed by atoms with E-state index in [1.165, 1.54) is 4.90 Å². The Hall–Kier alpha value is -4.19. The predicted octanol–water partition coefficient (Wildman–Crippen LogP) is 5.80. The van der Waals surface area contributed by atoms with Crippen molar-refractivity contribution in [3.8, 4) is 0 Å². The summed E-state index contributed by atoms with van der Waals surface area (Å²) in [5.74, 6) is -1.97. The third-order valence-electron chi connectivity index (χ3n) is 6.53. The van der Waals surface area contributed by atoms with E-state index in [1.54, 1.807) is 24.3 Å². The Bertz CT molecular complexity index is 1390. The predicted molar refractivity (Wildman–Crippen MR) is 142 cm³/mol. The first-order valence-electron chi connectivity index (χ1n) is 12.4. The zero-order valence-electron chi connectivity index (χ0n) is 21.6. The van der Waals surface area contributed by atoms with Crippen molar-refractivity contribution in [3.63, 3.8) is 0 Å². The maximum Gasteiger partial charge on any atom is 0.338 e. The second-order valence-electron chi connectivity index (χ2n) is 9.49. The van der Waals surface area contributed by atoms with Gasteiger partial charge in [0.25, 0.3) is 11.7 Å². The number of Topliss-reactive ketones (excluding diaryl/α,β-unsaturated/α-hetero) is 1. The number of hydrogen-bond donors (Lipinski definition) is 1. The van der Waals surface area contributed by atoms with Crippen molar-refractivity contribution >= 4 is 23.4 Å². The largest absolute Gasteiger partial charge is 0.507 e. The zero-order valence-corrected chi connectivity index (χ0v) is 21.6. The first-order chi connectivity index (χ1) is 17.7. The Morgan fingerprint density at radius 3 is 2.32 bits per heavy atom. The number of likely N-dealkylation sites (tertiary alicyclic amines) is 1. The number of carbonyl (C=O) groups is 3. The highest BCUT2D eigenvalue weighted by Crippen LogP contribution is 2.41. The molecule has 1 amide bonds. The van der Waals surface area contributed by atoms with Gasteiger partial charge in [0.2, 0.25) is 0 Å². The van der Waals surface area contributed by atoms with Crippen molar-refractivity contribution in [1.29, 1.82) is 0 Å². The molecule has 4 rings (SSSR count). The van der Waals surface area contributed by atoms with Crippen LogP contribution in [0.25, 0.3) is 5.76 Å². The molecule has 0 saturated carbocycles. The molecule has 0 aliphatic carbocycles. The molecule has 6 heteroatoms. The van der Waals surface area contributed by atoms with Crippen LogP contribution in [-0.2, 0) is 20.9 Å². The summed E-state index contributed by atoms with van der Waals surface area (Å²) in [6.07, 6.45) is 0.736. The number of hydrogen-bond acceptors (Lipinski definition) is 5. The van der Waals surface area contributed by atoms with Gasteiger partial charge in [-0.15, -0.1) is 0 Å². The molecule has 1 aliphatic rings. The molecule has 1 atom stereocenters. The van der Waals surface area contributed by atoms with Gasteiger partial charge >= 0.3 is 5.97 Å². The number of rotatable bonds is 7. The van der Waals surface area contributed by atoms with Gasteiger partial charge in [0.1, 0.15) is 5.76 Å². The van der Waals surface area contributed by atoms with Crippen LogP contribution >= 0.6 is 0 Å². The summed E-state index contributed by atoms with van der Waals surface area (Å²) < 4.78 is 5.19. The van der Waals surface area contributed by atoms with Crippen molar-refractivity contribution in [2.75, 3.05) is 6.61 Å². The fourth-order valence-corrected chi connectivity index (χ4v) is 4.59. The summed E-state index contributed by atoms with van der Waals surface area (Å²) in [7, 11) is 0. The van der Waals surface area contributed by atoms with E-state index >= 15 is 0 Å². The standard InChI is InChI=1S/C31H31NO5/c1-5-15-37-31(36)23-13-11-22(12-14-23)18-32-27(24-8-6-7-19(2)16-24)26(29(34)30(32)35)28(33)25-17-20(3)9-10-21(25)4/h6-14,16-17,27,33H,5,15,18H2,1-4H3/b28-26+. The quantitative estimate of drug-likeness (QED) is 0.193. The Labute approximate surface area is 217 Å². The molecule has 1 unspecified atom stereocenters. The molecule has 1 heterocycles. The van der Waals surface area contributed by atoms with Crippen molar-refractivity contribution in [2.45, 2.75) is 46.7 Å². The molecule has 190 valence electrons. The van der Waals surface area contributed by atoms with Gasteiger partial charge in [-0.1, -0.05) is 66.6 Å². The molecule has 6 nitrogen and oxygen atoms in total. The van der Waals surface area contributed by atoms with Gasteiger partial charge in [-0.25, -0.2) is 4.79 Å². The highest BCUT2D eigenvalue weighted by molar-refractivity contribution is 6.46. The van der Waals surface area contributed by atoms with Crippen LogP contribution in [0.5, 0.6) is 0 Å². The van der Waals surface area contributed by atoms with Gasteiger partial charge in [-0.3, -0.25) is 9.59 Å². The first kappa shape index (κ1) is 25.9. The van der Waals surface area contributed by atoms with Crippen LogP contribution in [0.3, 0.4) is 0 Å². The molecule has 3 aromatic carbocycles. The maximum absolute atomic E-state index is 13.4. The monoisotopic (exact) mass is 497 g/mol. The molecule has 0 aromatic heterocycles. The molecule has 1 aliphatic heterocycles. The third-order valence-corrected chi connectivity index (χ3v) is 6.53. The molecule has 1 saturated heterocycles. The van der Waals surface area contributed by atoms with E-state index in [0.717, 1.165) is 34.2 Å². The second kappa shape index (κ2) is 10.8. The van der Waals surface area contributed by atoms with Crippen molar-refractivity contribution in [2.24, 2.45) is 0 Å². The van der Waals surface area contributed by atoms with E-state index in [-0.39, 0.29) is 17.9 Å². The van der Waals surface area contributed by atoms with E-state index in [9.17, 15) is 19.5 Å². The number of aliphatic hydroxyl groups excluding tert-OH is 1. The van der Waals surface area contributed by atoms with Gasteiger partial charge in [-0.05, 0) is 62.1 Å². The van der Waals surface area contributed by atoms with E-state index in [2.05, 4.69) is 0 Å². The minimum absolute atomic E-state index is 0.0732. The number of aryl methyl sites for hydroxylation is 3. The lowest BCUT2D eigenvalue weighted by Gasteiger charge is -2.26. The number of carbonyl (C=O) groups excluding carboxylic acids is 3. The SMILES string of the molecule is CCCOC(=O)c1ccc(CN2C(=O)C(=O)/C(=C(/O)c3cc(C)ccc3C)C2c2cccc(C)c2)cc1. The molecule has 3 aromatic rings. The minimum atomic E-state index is -0.756. The summed E-state index contributed by atoms with van der Waals surface area (Å²) in [6, 6.07) is 19.3. The van der Waals surface area contributed by atoms with Gasteiger partial charge in [-0.2, -0.15) is 0 Å². The highest BCUT2D eigenvalue weighted by Gasteiger charge is 2.46. The molecular weight excluding hydrogens is 466 g/mol. The zero-order chi connectivity index (χ0) is 26.7. The van der Waals surface area contributed by atoms with Gasteiger partial charge in [0.05, 0.1) is 23.8 Å². The van der Waals surface area contributed by atoms with Crippen LogP contribution in [0.4, 0.5) is 0 Å². The van der Waals surface area contributed by atoms with Crippen LogP contribution < -0.4 is 0 Å². The van der Waals surface area contributed by atoms with Gasteiger partial charge < -0.3 is 14.7 Å². The molecule has 37 heavy (non-hydrogen) atoms. The van der Waals surface area contributed by atoms with Gasteiger partial charge in [0.15, 0.2) is 0 Å². The van der Waals surface area contributed by atoms with E-state index in [0.29, 0.717) is 17.7 Å². The Morgan fingerprint density at radius 1 is 0.946 bits per heavy atom. The number of ketones is 1. The number of ether oxygens (including phenoxy) is 1. The number of amides is 1. The Morgan fingerprint density at radius 2 is 1.65 bits per heavy atom. The highest BCUT2D eigenvalue weighted by atomic mass is 16.5. The lowest BCUT2D eigenvalue weighted by Crippen LogP contribution is -2.29. The number of aliphatic hydroxyl groups is 1. The van der Waals surface area contributed by atoms with Crippen molar-refractivity contribution < 1.29 is 24.2 Å². The second-order valence-corrected chi connectivity index (χ2v) is 9.49. The Balaban J connectivity index is 1.76. The summed E-state index contributed by atoms with van der Waals surface area (Å²) in [5, 5.41) is 11.4. The van der Waals surface area contributed by atoms with Crippen LogP contribution in [-0.4, -0.2) is 34.3 Å². The fraction of sp³-hybridized carbons (Fsp3) is 0.258. The molecule has 0 radical (unpaired) electrons. The molecule has 0 spiro atoms. The summed E-state index contributed by atoms with van der Waals surface area (Å²) >= 11 is 0. The van der Waals surface area contributed by atoms with E-state index < -0.39 is 23.7 Å². The van der Waals surface area contributed by atoms with Crippen molar-refractivity contribution in [1.82, 2.24) is 4.90 Å². The smallest absolute Gasteiger partial charge is 0.338 e.